The quantitative estimate of drug-likeness (QED) is 0.496. The third kappa shape index (κ3) is 3.85. The summed E-state index contributed by atoms with van der Waals surface area (Å²) in [5, 5.41) is 5.97. The standard InChI is InChI=1S/C20H19BrF2N4O2S/c1-9-3-4-14-24-18-15(19(28)27(14)6-5-9)10(2)17(30-18)26-20(29)25-16-12(21)7-11(22)8-13(16)23/h7-9H,3-6H2,1-2H3,(H2,25,26,29)/t9-/m0/s1. The molecule has 3 heterocycles. The molecule has 0 fully saturated rings. The molecule has 1 aromatic carbocycles. The van der Waals surface area contributed by atoms with E-state index < -0.39 is 17.7 Å². The first-order chi connectivity index (χ1) is 14.2. The fourth-order valence-electron chi connectivity index (χ4n) is 3.58. The van der Waals surface area contributed by atoms with Crippen molar-refractivity contribution >= 4 is 54.2 Å². The predicted molar refractivity (Wildman–Crippen MR) is 117 cm³/mol. The van der Waals surface area contributed by atoms with Gasteiger partial charge in [0.1, 0.15) is 21.5 Å². The van der Waals surface area contributed by atoms with Gasteiger partial charge in [0.05, 0.1) is 11.1 Å². The number of fused-ring (bicyclic) bond motifs is 2. The van der Waals surface area contributed by atoms with Crippen molar-refractivity contribution in [1.82, 2.24) is 9.55 Å². The zero-order valence-corrected chi connectivity index (χ0v) is 18.7. The number of carbonyl (C=O) groups excluding carboxylic acids is 1. The van der Waals surface area contributed by atoms with Crippen molar-refractivity contribution < 1.29 is 13.6 Å². The molecule has 3 aromatic rings. The number of aromatic nitrogens is 2. The number of nitrogens with zero attached hydrogens (tertiary/aromatic N) is 2. The molecule has 0 spiro atoms. The SMILES string of the molecule is Cc1c(NC(=O)Nc2c(F)cc(F)cc2Br)sc2nc3n(c(=O)c12)CC[C@@H](C)CC3. The van der Waals surface area contributed by atoms with Crippen LogP contribution in [0.2, 0.25) is 0 Å². The molecule has 2 aromatic heterocycles. The minimum absolute atomic E-state index is 0.0843. The molecule has 0 unspecified atom stereocenters. The molecule has 1 atom stereocenters. The molecule has 0 radical (unpaired) electrons. The predicted octanol–water partition coefficient (Wildman–Crippen LogP) is 5.42. The van der Waals surface area contributed by atoms with Crippen molar-refractivity contribution in [3.8, 4) is 0 Å². The van der Waals surface area contributed by atoms with Gasteiger partial charge in [-0.1, -0.05) is 18.3 Å². The molecule has 0 saturated heterocycles. The van der Waals surface area contributed by atoms with Gasteiger partial charge >= 0.3 is 6.03 Å². The minimum Gasteiger partial charge on any atom is -0.304 e. The van der Waals surface area contributed by atoms with E-state index in [2.05, 4.69) is 38.5 Å². The van der Waals surface area contributed by atoms with Crippen LogP contribution in [0.5, 0.6) is 0 Å². The molecule has 1 aliphatic rings. The highest BCUT2D eigenvalue weighted by Gasteiger charge is 2.22. The van der Waals surface area contributed by atoms with E-state index in [-0.39, 0.29) is 15.7 Å². The maximum Gasteiger partial charge on any atom is 0.324 e. The molecule has 2 N–H and O–H groups in total. The van der Waals surface area contributed by atoms with E-state index in [1.807, 2.05) is 0 Å². The number of halogens is 3. The van der Waals surface area contributed by atoms with Gasteiger partial charge in [0.25, 0.3) is 5.56 Å². The Morgan fingerprint density at radius 1 is 1.30 bits per heavy atom. The summed E-state index contributed by atoms with van der Waals surface area (Å²) in [6, 6.07) is 1.04. The maximum atomic E-state index is 14.0. The van der Waals surface area contributed by atoms with Gasteiger partial charge < -0.3 is 5.32 Å². The highest BCUT2D eigenvalue weighted by Crippen LogP contribution is 2.33. The molecule has 158 valence electrons. The van der Waals surface area contributed by atoms with Crippen LogP contribution in [0.15, 0.2) is 21.4 Å². The number of rotatable bonds is 2. The number of thiophene rings is 1. The number of amides is 2. The van der Waals surface area contributed by atoms with Gasteiger partial charge in [-0.25, -0.2) is 18.6 Å². The number of urea groups is 1. The Bertz CT molecular complexity index is 1200. The van der Waals surface area contributed by atoms with Crippen LogP contribution in [0.25, 0.3) is 10.2 Å². The largest absolute Gasteiger partial charge is 0.324 e. The Morgan fingerprint density at radius 2 is 2.07 bits per heavy atom. The minimum atomic E-state index is -0.900. The molecule has 1 aliphatic heterocycles. The van der Waals surface area contributed by atoms with Crippen LogP contribution in [0.4, 0.5) is 24.3 Å². The van der Waals surface area contributed by atoms with Crippen molar-refractivity contribution in [1.29, 1.82) is 0 Å². The lowest BCUT2D eigenvalue weighted by Crippen LogP contribution is -2.24. The van der Waals surface area contributed by atoms with Gasteiger partial charge in [0, 0.05) is 23.5 Å². The first-order valence-corrected chi connectivity index (χ1v) is 11.1. The molecule has 4 rings (SSSR count). The lowest BCUT2D eigenvalue weighted by atomic mass is 10.0. The number of benzene rings is 1. The van der Waals surface area contributed by atoms with Gasteiger partial charge in [0.2, 0.25) is 0 Å². The summed E-state index contributed by atoms with van der Waals surface area (Å²) in [4.78, 5) is 30.8. The molecule has 30 heavy (non-hydrogen) atoms. The van der Waals surface area contributed by atoms with Crippen LogP contribution >= 0.6 is 27.3 Å². The van der Waals surface area contributed by atoms with Crippen LogP contribution in [0, 0.1) is 24.5 Å². The van der Waals surface area contributed by atoms with Gasteiger partial charge in [-0.3, -0.25) is 14.7 Å². The Kier molecular flexibility index (Phi) is 5.63. The fraction of sp³-hybridized carbons (Fsp3) is 0.350. The lowest BCUT2D eigenvalue weighted by Gasteiger charge is -2.10. The average molecular weight is 497 g/mol. The Hall–Kier alpha value is -2.33. The molecule has 0 aliphatic carbocycles. The highest BCUT2D eigenvalue weighted by molar-refractivity contribution is 9.10. The van der Waals surface area contributed by atoms with Crippen molar-refractivity contribution in [2.75, 3.05) is 10.6 Å². The molecule has 0 saturated carbocycles. The Morgan fingerprint density at radius 3 is 2.80 bits per heavy atom. The highest BCUT2D eigenvalue weighted by atomic mass is 79.9. The van der Waals surface area contributed by atoms with Crippen molar-refractivity contribution in [3.05, 3.63) is 50.0 Å². The van der Waals surface area contributed by atoms with Gasteiger partial charge in [-0.2, -0.15) is 0 Å². The molecule has 6 nitrogen and oxygen atoms in total. The van der Waals surface area contributed by atoms with Crippen molar-refractivity contribution in [2.45, 2.75) is 39.7 Å². The van der Waals surface area contributed by atoms with Crippen LogP contribution in [-0.4, -0.2) is 15.6 Å². The fourth-order valence-corrected chi connectivity index (χ4v) is 5.17. The van der Waals surface area contributed by atoms with E-state index in [4.69, 9.17) is 0 Å². The van der Waals surface area contributed by atoms with Crippen molar-refractivity contribution in [3.63, 3.8) is 0 Å². The zero-order chi connectivity index (χ0) is 21.6. The summed E-state index contributed by atoms with van der Waals surface area (Å²) in [7, 11) is 0. The second-order valence-corrected chi connectivity index (χ2v) is 9.33. The van der Waals surface area contributed by atoms with Crippen LogP contribution in [0.1, 0.15) is 31.2 Å². The summed E-state index contributed by atoms with van der Waals surface area (Å²) in [5.74, 6) is -0.349. The summed E-state index contributed by atoms with van der Waals surface area (Å²) >= 11 is 4.24. The van der Waals surface area contributed by atoms with Gasteiger partial charge in [0.15, 0.2) is 5.82 Å². The topological polar surface area (TPSA) is 76.0 Å². The third-order valence-electron chi connectivity index (χ3n) is 5.31. The summed E-state index contributed by atoms with van der Waals surface area (Å²) in [5.41, 5.74) is 0.346. The lowest BCUT2D eigenvalue weighted by molar-refractivity contribution is 0.262. The Balaban J connectivity index is 1.64. The van der Waals surface area contributed by atoms with Gasteiger partial charge in [-0.15, -0.1) is 0 Å². The second kappa shape index (κ2) is 8.07. The summed E-state index contributed by atoms with van der Waals surface area (Å²) in [6.45, 7) is 4.56. The summed E-state index contributed by atoms with van der Waals surface area (Å²) in [6.07, 6.45) is 2.65. The molecular formula is C20H19BrF2N4O2S. The first kappa shape index (κ1) is 20.9. The van der Waals surface area contributed by atoms with E-state index >= 15 is 0 Å². The second-order valence-electron chi connectivity index (χ2n) is 7.48. The van der Waals surface area contributed by atoms with Crippen LogP contribution in [0.3, 0.4) is 0 Å². The third-order valence-corrected chi connectivity index (χ3v) is 7.03. The van der Waals surface area contributed by atoms with E-state index in [1.54, 1.807) is 11.5 Å². The normalized spacial score (nSPS) is 16.2. The molecule has 0 bridgehead atoms. The van der Waals surface area contributed by atoms with Crippen LogP contribution < -0.4 is 16.2 Å². The Labute approximate surface area is 183 Å². The first-order valence-electron chi connectivity index (χ1n) is 9.50. The molecular weight excluding hydrogens is 478 g/mol. The number of hydrogen-bond acceptors (Lipinski definition) is 4. The summed E-state index contributed by atoms with van der Waals surface area (Å²) < 4.78 is 29.0. The number of carbonyl (C=O) groups is 1. The number of nitrogens with one attached hydrogen (secondary N) is 2. The van der Waals surface area contributed by atoms with Crippen molar-refractivity contribution in [2.24, 2.45) is 5.92 Å². The zero-order valence-electron chi connectivity index (χ0n) is 16.3. The van der Waals surface area contributed by atoms with E-state index in [1.165, 1.54) is 11.3 Å². The number of hydrogen-bond donors (Lipinski definition) is 2. The smallest absolute Gasteiger partial charge is 0.304 e. The molecule has 2 amide bonds. The van der Waals surface area contributed by atoms with E-state index in [0.717, 1.165) is 31.2 Å². The monoisotopic (exact) mass is 496 g/mol. The van der Waals surface area contributed by atoms with Crippen LogP contribution in [-0.2, 0) is 13.0 Å². The maximum absolute atomic E-state index is 14.0. The number of aryl methyl sites for hydroxylation is 2. The number of anilines is 2. The van der Waals surface area contributed by atoms with Gasteiger partial charge in [-0.05, 0) is 53.2 Å². The van der Waals surface area contributed by atoms with E-state index in [0.29, 0.717) is 39.3 Å². The molecule has 10 heteroatoms. The van der Waals surface area contributed by atoms with E-state index in [9.17, 15) is 18.4 Å². The average Bonchev–Trinajstić information content (AvgIpc) is 2.84.